The molecule has 0 aromatic heterocycles. The summed E-state index contributed by atoms with van der Waals surface area (Å²) in [6.45, 7) is 0.816. The van der Waals surface area contributed by atoms with Crippen LogP contribution < -0.4 is 5.73 Å². The van der Waals surface area contributed by atoms with E-state index in [0.717, 1.165) is 22.2 Å². The average molecular weight is 403 g/mol. The Morgan fingerprint density at radius 2 is 1.96 bits per heavy atom. The van der Waals surface area contributed by atoms with E-state index < -0.39 is 11.8 Å². The third-order valence-electron chi connectivity index (χ3n) is 4.20. The summed E-state index contributed by atoms with van der Waals surface area (Å²) in [5.41, 5.74) is 6.35. The van der Waals surface area contributed by atoms with Crippen LogP contribution in [0.2, 0.25) is 0 Å². The van der Waals surface area contributed by atoms with Crippen molar-refractivity contribution >= 4 is 46.1 Å². The zero-order valence-corrected chi connectivity index (χ0v) is 14.7. The maximum Gasteiger partial charge on any atom is 0.262 e. The summed E-state index contributed by atoms with van der Waals surface area (Å²) in [7, 11) is 0. The van der Waals surface area contributed by atoms with Gasteiger partial charge in [0.15, 0.2) is 0 Å². The van der Waals surface area contributed by atoms with Crippen molar-refractivity contribution in [3.63, 3.8) is 0 Å². The molecule has 3 amide bonds. The van der Waals surface area contributed by atoms with Gasteiger partial charge in [0, 0.05) is 23.6 Å². The van der Waals surface area contributed by atoms with Gasteiger partial charge in [0.05, 0.1) is 11.1 Å². The predicted octanol–water partition coefficient (Wildman–Crippen LogP) is 1.42. The number of halogens is 2. The molecule has 0 spiro atoms. The lowest BCUT2D eigenvalue weighted by Gasteiger charge is -2.25. The van der Waals surface area contributed by atoms with Gasteiger partial charge in [-0.05, 0) is 31.0 Å². The molecular formula is C15H17BrClN3O3. The number of rotatable bonds is 3. The highest BCUT2D eigenvalue weighted by molar-refractivity contribution is 9.10. The summed E-state index contributed by atoms with van der Waals surface area (Å²) in [6, 6.07) is 4.93. The fourth-order valence-electron chi connectivity index (χ4n) is 3.04. The molecule has 1 unspecified atom stereocenters. The van der Waals surface area contributed by atoms with Crippen LogP contribution in [0.15, 0.2) is 22.7 Å². The fourth-order valence-corrected chi connectivity index (χ4v) is 3.40. The zero-order valence-electron chi connectivity index (χ0n) is 12.3. The highest BCUT2D eigenvalue weighted by Crippen LogP contribution is 2.26. The number of carbonyl (C=O) groups is 3. The van der Waals surface area contributed by atoms with Crippen LogP contribution in [0, 0.1) is 0 Å². The SMILES string of the molecule is Cl.NCC1CCCN1C(=O)CN1C(=O)c2ccc(Br)cc2C1=O. The number of hydrogen-bond donors (Lipinski definition) is 1. The standard InChI is InChI=1S/C15H16BrN3O3.ClH/c16-9-3-4-11-12(6-9)15(22)19(14(11)21)8-13(20)18-5-1-2-10(18)7-17;/h3-4,6,10H,1-2,5,7-8,17H2;1H. The normalized spacial score (nSPS) is 19.8. The van der Waals surface area contributed by atoms with E-state index in [1.54, 1.807) is 23.1 Å². The molecule has 0 radical (unpaired) electrons. The van der Waals surface area contributed by atoms with Crippen LogP contribution in [-0.4, -0.2) is 53.2 Å². The van der Waals surface area contributed by atoms with E-state index in [2.05, 4.69) is 15.9 Å². The molecule has 1 atom stereocenters. The van der Waals surface area contributed by atoms with Gasteiger partial charge in [0.2, 0.25) is 5.91 Å². The molecule has 0 saturated carbocycles. The first-order chi connectivity index (χ1) is 10.5. The molecule has 1 saturated heterocycles. The van der Waals surface area contributed by atoms with Crippen LogP contribution in [0.1, 0.15) is 33.6 Å². The largest absolute Gasteiger partial charge is 0.337 e. The smallest absolute Gasteiger partial charge is 0.262 e. The van der Waals surface area contributed by atoms with E-state index >= 15 is 0 Å². The van der Waals surface area contributed by atoms with Gasteiger partial charge in [-0.3, -0.25) is 19.3 Å². The van der Waals surface area contributed by atoms with Crippen molar-refractivity contribution in [1.82, 2.24) is 9.80 Å². The molecule has 3 rings (SSSR count). The predicted molar refractivity (Wildman–Crippen MR) is 90.5 cm³/mol. The molecule has 2 N–H and O–H groups in total. The first-order valence-electron chi connectivity index (χ1n) is 7.18. The first kappa shape index (κ1) is 17.9. The van der Waals surface area contributed by atoms with E-state index in [-0.39, 0.29) is 30.9 Å². The number of amides is 3. The third-order valence-corrected chi connectivity index (χ3v) is 4.69. The van der Waals surface area contributed by atoms with Crippen molar-refractivity contribution in [3.05, 3.63) is 33.8 Å². The number of hydrogen-bond acceptors (Lipinski definition) is 4. The Kier molecular flexibility index (Phi) is 5.44. The molecule has 1 fully saturated rings. The van der Waals surface area contributed by atoms with Gasteiger partial charge in [-0.15, -0.1) is 12.4 Å². The molecule has 2 heterocycles. The lowest BCUT2D eigenvalue weighted by atomic mass is 10.1. The molecule has 23 heavy (non-hydrogen) atoms. The summed E-state index contributed by atoms with van der Waals surface area (Å²) >= 11 is 3.28. The molecule has 2 aliphatic heterocycles. The van der Waals surface area contributed by atoms with Crippen LogP contribution in [0.3, 0.4) is 0 Å². The van der Waals surface area contributed by atoms with E-state index in [9.17, 15) is 14.4 Å². The minimum atomic E-state index is -0.418. The highest BCUT2D eigenvalue weighted by atomic mass is 79.9. The molecular weight excluding hydrogens is 386 g/mol. The van der Waals surface area contributed by atoms with Crippen LogP contribution in [0.25, 0.3) is 0 Å². The summed E-state index contributed by atoms with van der Waals surface area (Å²) in [5, 5.41) is 0. The minimum absolute atomic E-state index is 0. The number of carbonyl (C=O) groups excluding carboxylic acids is 3. The fraction of sp³-hybridized carbons (Fsp3) is 0.400. The van der Waals surface area contributed by atoms with Crippen LogP contribution in [0.4, 0.5) is 0 Å². The monoisotopic (exact) mass is 401 g/mol. The van der Waals surface area contributed by atoms with Crippen LogP contribution in [-0.2, 0) is 4.79 Å². The molecule has 0 aliphatic carbocycles. The van der Waals surface area contributed by atoms with E-state index in [4.69, 9.17) is 5.73 Å². The Hall–Kier alpha value is -1.44. The topological polar surface area (TPSA) is 83.7 Å². The lowest BCUT2D eigenvalue weighted by molar-refractivity contribution is -0.132. The van der Waals surface area contributed by atoms with E-state index in [1.807, 2.05) is 0 Å². The summed E-state index contributed by atoms with van der Waals surface area (Å²) < 4.78 is 0.725. The lowest BCUT2D eigenvalue weighted by Crippen LogP contribution is -2.46. The Bertz CT molecular complexity index is 667. The van der Waals surface area contributed by atoms with Crippen molar-refractivity contribution in [3.8, 4) is 0 Å². The van der Waals surface area contributed by atoms with Crippen LogP contribution in [0.5, 0.6) is 0 Å². The van der Waals surface area contributed by atoms with E-state index in [0.29, 0.717) is 24.2 Å². The summed E-state index contributed by atoms with van der Waals surface area (Å²) in [4.78, 5) is 39.8. The number of nitrogens with zero attached hydrogens (tertiary/aromatic N) is 2. The zero-order chi connectivity index (χ0) is 15.9. The average Bonchev–Trinajstić information content (AvgIpc) is 3.06. The maximum absolute atomic E-state index is 12.4. The minimum Gasteiger partial charge on any atom is -0.337 e. The van der Waals surface area contributed by atoms with Gasteiger partial charge >= 0.3 is 0 Å². The van der Waals surface area contributed by atoms with Crippen LogP contribution >= 0.6 is 28.3 Å². The van der Waals surface area contributed by atoms with Crippen molar-refractivity contribution in [2.45, 2.75) is 18.9 Å². The number of benzene rings is 1. The van der Waals surface area contributed by atoms with Gasteiger partial charge in [0.25, 0.3) is 11.8 Å². The maximum atomic E-state index is 12.4. The molecule has 8 heteroatoms. The Labute approximate surface area is 148 Å². The molecule has 6 nitrogen and oxygen atoms in total. The van der Waals surface area contributed by atoms with Gasteiger partial charge < -0.3 is 10.6 Å². The van der Waals surface area contributed by atoms with Gasteiger partial charge in [-0.25, -0.2) is 0 Å². The Morgan fingerprint density at radius 3 is 2.65 bits per heavy atom. The second kappa shape index (κ2) is 6.98. The molecule has 2 aliphatic rings. The second-order valence-electron chi connectivity index (χ2n) is 5.51. The number of imide groups is 1. The highest BCUT2D eigenvalue weighted by Gasteiger charge is 2.38. The van der Waals surface area contributed by atoms with Crippen molar-refractivity contribution < 1.29 is 14.4 Å². The summed E-state index contributed by atoms with van der Waals surface area (Å²) in [6.07, 6.45) is 1.78. The Balaban J connectivity index is 0.00000192. The summed E-state index contributed by atoms with van der Waals surface area (Å²) in [5.74, 6) is -1.05. The van der Waals surface area contributed by atoms with Gasteiger partial charge in [-0.2, -0.15) is 0 Å². The van der Waals surface area contributed by atoms with Crippen molar-refractivity contribution in [2.24, 2.45) is 5.73 Å². The third kappa shape index (κ3) is 3.13. The number of nitrogens with two attached hydrogens (primary N) is 1. The molecule has 1 aromatic carbocycles. The van der Waals surface area contributed by atoms with E-state index in [1.165, 1.54) is 0 Å². The Morgan fingerprint density at radius 1 is 1.26 bits per heavy atom. The molecule has 1 aromatic rings. The number of likely N-dealkylation sites (tertiary alicyclic amines) is 1. The first-order valence-corrected chi connectivity index (χ1v) is 7.97. The number of fused-ring (bicyclic) bond motifs is 1. The van der Waals surface area contributed by atoms with Gasteiger partial charge in [0.1, 0.15) is 6.54 Å². The van der Waals surface area contributed by atoms with Gasteiger partial charge in [-0.1, -0.05) is 15.9 Å². The second-order valence-corrected chi connectivity index (χ2v) is 6.42. The quantitative estimate of drug-likeness (QED) is 0.775. The molecule has 0 bridgehead atoms. The van der Waals surface area contributed by atoms with Crippen molar-refractivity contribution in [2.75, 3.05) is 19.6 Å². The van der Waals surface area contributed by atoms with Crippen molar-refractivity contribution in [1.29, 1.82) is 0 Å². The molecule has 124 valence electrons.